The van der Waals surface area contributed by atoms with Gasteiger partial charge in [-0.05, 0) is 100 Å². The second-order valence-corrected chi connectivity index (χ2v) is 11.1. The van der Waals surface area contributed by atoms with E-state index in [2.05, 4.69) is 6.92 Å². The minimum absolute atomic E-state index is 0.0103. The Balaban J connectivity index is 1.17. The van der Waals surface area contributed by atoms with Gasteiger partial charge in [-0.3, -0.25) is 0 Å². The summed E-state index contributed by atoms with van der Waals surface area (Å²) in [4.78, 5) is 0. The molecule has 1 aromatic rings. The van der Waals surface area contributed by atoms with Crippen LogP contribution < -0.4 is 9.47 Å². The van der Waals surface area contributed by atoms with Gasteiger partial charge in [0, 0.05) is 6.61 Å². The number of ether oxygens (including phenoxy) is 3. The van der Waals surface area contributed by atoms with Gasteiger partial charge in [0.15, 0.2) is 11.5 Å². The van der Waals surface area contributed by atoms with Crippen molar-refractivity contribution in [1.82, 2.24) is 0 Å². The molecule has 3 aliphatic carbocycles. The van der Waals surface area contributed by atoms with Crippen LogP contribution in [-0.2, 0) is 4.74 Å². The zero-order chi connectivity index (χ0) is 23.9. The van der Waals surface area contributed by atoms with Crippen molar-refractivity contribution in [3.63, 3.8) is 0 Å². The van der Waals surface area contributed by atoms with E-state index in [1.54, 1.807) is 6.92 Å². The highest BCUT2D eigenvalue weighted by Crippen LogP contribution is 2.44. The Morgan fingerprint density at radius 3 is 2.03 bits per heavy atom. The van der Waals surface area contributed by atoms with E-state index in [4.69, 9.17) is 14.2 Å². The smallest absolute Gasteiger partial charge is 0.204 e. The maximum atomic E-state index is 14.3. The second-order valence-electron chi connectivity index (χ2n) is 11.1. The number of hydrogen-bond donors (Lipinski definition) is 0. The first-order valence-corrected chi connectivity index (χ1v) is 13.9. The molecule has 1 aromatic carbocycles. The average Bonchev–Trinajstić information content (AvgIpc) is 2.86. The molecule has 4 atom stereocenters. The first kappa shape index (κ1) is 25.7. The zero-order valence-corrected chi connectivity index (χ0v) is 21.2. The van der Waals surface area contributed by atoms with E-state index in [9.17, 15) is 8.78 Å². The zero-order valence-electron chi connectivity index (χ0n) is 21.2. The van der Waals surface area contributed by atoms with Gasteiger partial charge in [0.2, 0.25) is 11.6 Å². The molecule has 0 radical (unpaired) electrons. The van der Waals surface area contributed by atoms with Crippen molar-refractivity contribution in [3.8, 4) is 11.5 Å². The van der Waals surface area contributed by atoms with Crippen LogP contribution in [0.3, 0.4) is 0 Å². The van der Waals surface area contributed by atoms with Gasteiger partial charge in [-0.1, -0.05) is 32.6 Å². The second kappa shape index (κ2) is 12.6. The molecule has 0 amide bonds. The van der Waals surface area contributed by atoms with E-state index in [0.29, 0.717) is 31.2 Å². The predicted octanol–water partition coefficient (Wildman–Crippen LogP) is 7.95. The third-order valence-electron chi connectivity index (χ3n) is 8.69. The molecule has 0 heterocycles. The fourth-order valence-corrected chi connectivity index (χ4v) is 6.71. The summed E-state index contributed by atoms with van der Waals surface area (Å²) in [6, 6.07) is 2.93. The number of rotatable bonds is 10. The third-order valence-corrected chi connectivity index (χ3v) is 8.69. The Hall–Kier alpha value is -1.36. The molecule has 34 heavy (non-hydrogen) atoms. The first-order valence-electron chi connectivity index (χ1n) is 13.9. The minimum atomic E-state index is -0.963. The molecule has 3 saturated carbocycles. The summed E-state index contributed by atoms with van der Waals surface area (Å²) in [6.45, 7) is 5.76. The van der Waals surface area contributed by atoms with Gasteiger partial charge >= 0.3 is 0 Å². The van der Waals surface area contributed by atoms with Gasteiger partial charge in [-0.25, -0.2) is 0 Å². The van der Waals surface area contributed by atoms with Crippen LogP contribution >= 0.6 is 0 Å². The Kier molecular flexibility index (Phi) is 9.50. The SMILES string of the molecule is CCCC1CCC(COC2CCC3CC(COc4ccc(OCC)c(F)c4F)CCC3C2)CC1. The molecular weight excluding hydrogens is 434 g/mol. The molecule has 0 N–H and O–H groups in total. The third kappa shape index (κ3) is 6.65. The molecule has 0 aromatic heterocycles. The summed E-state index contributed by atoms with van der Waals surface area (Å²) in [6.07, 6.45) is 15.6. The van der Waals surface area contributed by atoms with Crippen LogP contribution in [0.15, 0.2) is 12.1 Å². The van der Waals surface area contributed by atoms with E-state index in [1.165, 1.54) is 76.3 Å². The van der Waals surface area contributed by atoms with E-state index in [1.807, 2.05) is 0 Å². The summed E-state index contributed by atoms with van der Waals surface area (Å²) >= 11 is 0. The van der Waals surface area contributed by atoms with Crippen LogP contribution in [0.2, 0.25) is 0 Å². The lowest BCUT2D eigenvalue weighted by Gasteiger charge is -2.42. The van der Waals surface area contributed by atoms with Gasteiger partial charge in [0.05, 0.1) is 19.3 Å². The fourth-order valence-electron chi connectivity index (χ4n) is 6.71. The molecule has 3 aliphatic rings. The van der Waals surface area contributed by atoms with Gasteiger partial charge in [0.25, 0.3) is 0 Å². The Morgan fingerprint density at radius 1 is 0.706 bits per heavy atom. The van der Waals surface area contributed by atoms with Crippen molar-refractivity contribution < 1.29 is 23.0 Å². The Labute approximate surface area is 204 Å². The minimum Gasteiger partial charge on any atom is -0.491 e. The topological polar surface area (TPSA) is 27.7 Å². The van der Waals surface area contributed by atoms with Crippen molar-refractivity contribution >= 4 is 0 Å². The highest BCUT2D eigenvalue weighted by Gasteiger charge is 2.36. The van der Waals surface area contributed by atoms with E-state index in [-0.39, 0.29) is 11.5 Å². The molecule has 3 nitrogen and oxygen atoms in total. The highest BCUT2D eigenvalue weighted by molar-refractivity contribution is 5.35. The van der Waals surface area contributed by atoms with Crippen molar-refractivity contribution in [1.29, 1.82) is 0 Å². The molecule has 5 heteroatoms. The normalized spacial score (nSPS) is 31.6. The van der Waals surface area contributed by atoms with Crippen LogP contribution in [0.4, 0.5) is 8.78 Å². The number of hydrogen-bond acceptors (Lipinski definition) is 3. The van der Waals surface area contributed by atoms with Crippen molar-refractivity contribution in [2.75, 3.05) is 19.8 Å². The van der Waals surface area contributed by atoms with Crippen molar-refractivity contribution in [2.24, 2.45) is 29.6 Å². The summed E-state index contributed by atoms with van der Waals surface area (Å²) in [5.74, 6) is 1.62. The number of benzene rings is 1. The van der Waals surface area contributed by atoms with Crippen molar-refractivity contribution in [2.45, 2.75) is 97.0 Å². The number of halogens is 2. The molecule has 0 aliphatic heterocycles. The Morgan fingerprint density at radius 2 is 1.32 bits per heavy atom. The lowest BCUT2D eigenvalue weighted by atomic mass is 9.67. The molecule has 4 rings (SSSR count). The first-order chi connectivity index (χ1) is 16.6. The van der Waals surface area contributed by atoms with Crippen LogP contribution in [0.1, 0.15) is 90.9 Å². The lowest BCUT2D eigenvalue weighted by molar-refractivity contribution is -0.0396. The standard InChI is InChI=1S/C29H44F2O3/c1-3-5-20-6-8-21(9-7-20)18-33-25-13-12-23-16-22(10-11-24(23)17-25)19-34-27-15-14-26(32-4-2)28(30)29(27)31/h14-15,20-25H,3-13,16-19H2,1-2H3. The highest BCUT2D eigenvalue weighted by atomic mass is 19.2. The molecule has 0 bridgehead atoms. The van der Waals surface area contributed by atoms with Gasteiger partial charge in [0.1, 0.15) is 0 Å². The van der Waals surface area contributed by atoms with Crippen LogP contribution in [0.5, 0.6) is 11.5 Å². The van der Waals surface area contributed by atoms with Crippen LogP contribution in [0.25, 0.3) is 0 Å². The predicted molar refractivity (Wildman–Crippen MR) is 131 cm³/mol. The lowest BCUT2D eigenvalue weighted by Crippen LogP contribution is -2.36. The van der Waals surface area contributed by atoms with E-state index < -0.39 is 11.6 Å². The van der Waals surface area contributed by atoms with Gasteiger partial charge in [-0.2, -0.15) is 8.78 Å². The molecular formula is C29H44F2O3. The fraction of sp³-hybridized carbons (Fsp3) is 0.793. The monoisotopic (exact) mass is 478 g/mol. The molecule has 3 fully saturated rings. The summed E-state index contributed by atoms with van der Waals surface area (Å²) in [7, 11) is 0. The summed E-state index contributed by atoms with van der Waals surface area (Å²) in [5, 5.41) is 0. The van der Waals surface area contributed by atoms with E-state index in [0.717, 1.165) is 37.2 Å². The van der Waals surface area contributed by atoms with Crippen LogP contribution in [0, 0.1) is 41.2 Å². The molecule has 0 spiro atoms. The van der Waals surface area contributed by atoms with Crippen molar-refractivity contribution in [3.05, 3.63) is 23.8 Å². The molecule has 0 saturated heterocycles. The molecule has 4 unspecified atom stereocenters. The van der Waals surface area contributed by atoms with Gasteiger partial charge in [-0.15, -0.1) is 0 Å². The Bertz CT molecular complexity index is 762. The summed E-state index contributed by atoms with van der Waals surface area (Å²) in [5.41, 5.74) is 0. The largest absolute Gasteiger partial charge is 0.491 e. The van der Waals surface area contributed by atoms with E-state index >= 15 is 0 Å². The van der Waals surface area contributed by atoms with Gasteiger partial charge < -0.3 is 14.2 Å². The quantitative estimate of drug-likeness (QED) is 0.341. The van der Waals surface area contributed by atoms with Crippen LogP contribution in [-0.4, -0.2) is 25.9 Å². The summed E-state index contributed by atoms with van der Waals surface area (Å²) < 4.78 is 45.7. The average molecular weight is 479 g/mol. The number of fused-ring (bicyclic) bond motifs is 1. The molecule has 192 valence electrons. The maximum absolute atomic E-state index is 14.3. The maximum Gasteiger partial charge on any atom is 0.204 e.